The maximum Gasteiger partial charge on any atom is 0.416 e. The molecule has 2 aromatic carbocycles. The zero-order valence-corrected chi connectivity index (χ0v) is 18.7. The molecule has 2 unspecified atom stereocenters. The first-order valence-corrected chi connectivity index (χ1v) is 11.4. The van der Waals surface area contributed by atoms with Crippen molar-refractivity contribution >= 4 is 32.2 Å². The Morgan fingerprint density at radius 1 is 1.09 bits per heavy atom. The first kappa shape index (κ1) is 23.5. The van der Waals surface area contributed by atoms with Crippen molar-refractivity contribution in [3.05, 3.63) is 73.6 Å². The molecule has 2 fully saturated rings. The summed E-state index contributed by atoms with van der Waals surface area (Å²) in [6.07, 6.45) is -4.84. The molecule has 2 atom stereocenters. The highest BCUT2D eigenvalue weighted by molar-refractivity contribution is 7.22. The molecule has 0 saturated carbocycles. The zero-order chi connectivity index (χ0) is 25.1. The molecule has 2 saturated heterocycles. The first-order valence-electron chi connectivity index (χ1n) is 10.6. The summed E-state index contributed by atoms with van der Waals surface area (Å²) in [4.78, 5) is 30.9. The van der Waals surface area contributed by atoms with Crippen LogP contribution in [-0.4, -0.2) is 41.0 Å². The van der Waals surface area contributed by atoms with Crippen LogP contribution in [0.1, 0.15) is 11.1 Å². The first-order chi connectivity index (χ1) is 16.5. The quantitative estimate of drug-likeness (QED) is 0.292. The van der Waals surface area contributed by atoms with Crippen LogP contribution in [0.4, 0.5) is 32.8 Å². The maximum atomic E-state index is 14.0. The molecule has 0 spiro atoms. The van der Waals surface area contributed by atoms with E-state index in [4.69, 9.17) is 0 Å². The minimum Gasteiger partial charge on any atom is -0.347 e. The lowest BCUT2D eigenvalue weighted by molar-refractivity contribution is -0.383. The molecule has 0 radical (unpaired) electrons. The number of hydrogen-bond acceptors (Lipinski definition) is 7. The molecule has 2 aliphatic heterocycles. The van der Waals surface area contributed by atoms with Crippen LogP contribution in [0.25, 0.3) is 10.1 Å². The van der Waals surface area contributed by atoms with Gasteiger partial charge in [-0.05, 0) is 24.0 Å². The van der Waals surface area contributed by atoms with Crippen LogP contribution in [0.3, 0.4) is 0 Å². The summed E-state index contributed by atoms with van der Waals surface area (Å²) < 4.78 is 66.5. The fourth-order valence-electron chi connectivity index (χ4n) is 4.84. The van der Waals surface area contributed by atoms with Gasteiger partial charge < -0.3 is 4.90 Å². The van der Waals surface area contributed by atoms with Crippen molar-refractivity contribution in [3.63, 3.8) is 0 Å². The molecule has 3 aromatic rings. The Hall–Kier alpha value is -3.19. The number of nitrogens with zero attached hydrogens (tertiary/aromatic N) is 4. The van der Waals surface area contributed by atoms with E-state index in [0.717, 1.165) is 17.4 Å². The van der Waals surface area contributed by atoms with E-state index in [1.54, 1.807) is 0 Å². The van der Waals surface area contributed by atoms with E-state index in [1.807, 2.05) is 4.90 Å². The van der Waals surface area contributed by atoms with Crippen LogP contribution in [0.2, 0.25) is 0 Å². The number of non-ortho nitro benzene ring substituents is 1. The van der Waals surface area contributed by atoms with E-state index in [1.165, 1.54) is 12.1 Å². The molecule has 1 aromatic heterocycles. The van der Waals surface area contributed by atoms with Crippen molar-refractivity contribution in [2.75, 3.05) is 31.1 Å². The Morgan fingerprint density at radius 2 is 1.77 bits per heavy atom. The molecular formula is C22H17F5N4O3S. The lowest BCUT2D eigenvalue weighted by atomic mass is 10.0. The number of hydrogen-bond donors (Lipinski definition) is 0. The van der Waals surface area contributed by atoms with E-state index in [-0.39, 0.29) is 21.7 Å². The third-order valence-electron chi connectivity index (χ3n) is 6.46. The SMILES string of the molecule is O=c1nc(N2CC3CN(Cc4ccc(F)cc4F)CC3C2)sc2c([N+](=O)[O-])cc(C(F)(F)F)cc12. The van der Waals surface area contributed by atoms with Gasteiger partial charge in [-0.3, -0.25) is 19.8 Å². The topological polar surface area (TPSA) is 79.6 Å². The summed E-state index contributed by atoms with van der Waals surface area (Å²) in [6, 6.07) is 4.51. The number of rotatable bonds is 4. The summed E-state index contributed by atoms with van der Waals surface area (Å²) in [6.45, 7) is 2.59. The Bertz CT molecular complexity index is 1380. The third-order valence-corrected chi connectivity index (χ3v) is 7.62. The van der Waals surface area contributed by atoms with Crippen LogP contribution in [-0.2, 0) is 12.7 Å². The number of halogens is 5. The second-order valence-corrected chi connectivity index (χ2v) is 9.76. The Labute approximate surface area is 198 Å². The van der Waals surface area contributed by atoms with E-state index in [2.05, 4.69) is 9.88 Å². The van der Waals surface area contributed by atoms with Crippen molar-refractivity contribution < 1.29 is 26.9 Å². The largest absolute Gasteiger partial charge is 0.416 e. The molecule has 13 heteroatoms. The van der Waals surface area contributed by atoms with Gasteiger partial charge in [-0.25, -0.2) is 8.78 Å². The van der Waals surface area contributed by atoms with Gasteiger partial charge in [0.05, 0.1) is 15.9 Å². The summed E-state index contributed by atoms with van der Waals surface area (Å²) in [5.74, 6) is -0.914. The predicted octanol–water partition coefficient (Wildman–Crippen LogP) is 4.43. The highest BCUT2D eigenvalue weighted by Gasteiger charge is 2.41. The normalized spacial score (nSPS) is 20.5. The van der Waals surface area contributed by atoms with Gasteiger partial charge in [0.15, 0.2) is 5.13 Å². The number of alkyl halides is 3. The monoisotopic (exact) mass is 512 g/mol. The molecule has 0 N–H and O–H groups in total. The van der Waals surface area contributed by atoms with Crippen LogP contribution < -0.4 is 10.5 Å². The van der Waals surface area contributed by atoms with Gasteiger partial charge in [0.25, 0.3) is 11.2 Å². The second-order valence-electron chi connectivity index (χ2n) is 8.78. The number of likely N-dealkylation sites (tertiary alicyclic amines) is 1. The highest BCUT2D eigenvalue weighted by Crippen LogP contribution is 2.40. The zero-order valence-electron chi connectivity index (χ0n) is 17.9. The van der Waals surface area contributed by atoms with Crippen molar-refractivity contribution in [1.29, 1.82) is 0 Å². The van der Waals surface area contributed by atoms with Crippen LogP contribution in [0.5, 0.6) is 0 Å². The molecule has 3 heterocycles. The molecule has 5 rings (SSSR count). The van der Waals surface area contributed by atoms with Gasteiger partial charge in [-0.2, -0.15) is 18.2 Å². The van der Waals surface area contributed by atoms with Gasteiger partial charge in [0.2, 0.25) is 0 Å². The average molecular weight is 512 g/mol. The molecule has 0 amide bonds. The minimum atomic E-state index is -4.84. The standard InChI is InChI=1S/C22H17F5N4O3S/c23-15-2-1-11(17(24)5-15)6-29-7-12-9-30(10-13(12)8-29)21-28-20(32)16-3-14(22(25,26)27)4-18(31(33)34)19(16)35-21/h1-5,12-13H,6-10H2. The number of nitro benzene ring substituents is 1. The summed E-state index contributed by atoms with van der Waals surface area (Å²) in [5, 5.41) is 11.3. The van der Waals surface area contributed by atoms with Gasteiger partial charge in [-0.1, -0.05) is 17.4 Å². The molecule has 2 aliphatic rings. The maximum absolute atomic E-state index is 14.0. The third kappa shape index (κ3) is 4.45. The molecule has 7 nitrogen and oxygen atoms in total. The van der Waals surface area contributed by atoms with Crippen LogP contribution in [0, 0.1) is 33.6 Å². The van der Waals surface area contributed by atoms with Gasteiger partial charge in [0.1, 0.15) is 16.3 Å². The van der Waals surface area contributed by atoms with Crippen molar-refractivity contribution in [3.8, 4) is 0 Å². The number of benzene rings is 2. The summed E-state index contributed by atoms with van der Waals surface area (Å²) in [7, 11) is 0. The number of anilines is 1. The average Bonchev–Trinajstić information content (AvgIpc) is 3.33. The lowest BCUT2D eigenvalue weighted by Gasteiger charge is -2.22. The summed E-state index contributed by atoms with van der Waals surface area (Å²) >= 11 is 0.825. The molecule has 35 heavy (non-hydrogen) atoms. The molecule has 184 valence electrons. The van der Waals surface area contributed by atoms with E-state index in [0.29, 0.717) is 50.4 Å². The lowest BCUT2D eigenvalue weighted by Crippen LogP contribution is -2.29. The van der Waals surface area contributed by atoms with Crippen molar-refractivity contribution in [2.45, 2.75) is 12.7 Å². The van der Waals surface area contributed by atoms with Crippen molar-refractivity contribution in [1.82, 2.24) is 9.88 Å². The molecule has 0 bridgehead atoms. The Balaban J connectivity index is 1.37. The highest BCUT2D eigenvalue weighted by atomic mass is 32.1. The molecule has 0 aliphatic carbocycles. The number of fused-ring (bicyclic) bond motifs is 2. The van der Waals surface area contributed by atoms with Gasteiger partial charge in [0, 0.05) is 50.4 Å². The van der Waals surface area contributed by atoms with E-state index >= 15 is 0 Å². The predicted molar refractivity (Wildman–Crippen MR) is 118 cm³/mol. The fourth-order valence-corrected chi connectivity index (χ4v) is 5.93. The second kappa shape index (κ2) is 8.48. The number of aromatic nitrogens is 1. The summed E-state index contributed by atoms with van der Waals surface area (Å²) in [5.41, 5.74) is -2.62. The van der Waals surface area contributed by atoms with Crippen molar-refractivity contribution in [2.24, 2.45) is 11.8 Å². The smallest absolute Gasteiger partial charge is 0.347 e. The van der Waals surface area contributed by atoms with E-state index in [9.17, 15) is 36.9 Å². The van der Waals surface area contributed by atoms with Gasteiger partial charge >= 0.3 is 6.18 Å². The van der Waals surface area contributed by atoms with Crippen LogP contribution in [0.15, 0.2) is 35.1 Å². The number of nitro groups is 1. The van der Waals surface area contributed by atoms with Crippen LogP contribution >= 0.6 is 11.3 Å². The van der Waals surface area contributed by atoms with Gasteiger partial charge in [-0.15, -0.1) is 0 Å². The van der Waals surface area contributed by atoms with E-state index < -0.39 is 44.9 Å². The Morgan fingerprint density at radius 3 is 2.37 bits per heavy atom. The molecular weight excluding hydrogens is 495 g/mol. The minimum absolute atomic E-state index is 0.150. The Kier molecular flexibility index (Phi) is 5.71. The fraction of sp³-hybridized carbons (Fsp3) is 0.364.